The van der Waals surface area contributed by atoms with E-state index in [0.717, 1.165) is 0 Å². The van der Waals surface area contributed by atoms with E-state index in [-0.39, 0.29) is 11.8 Å². The summed E-state index contributed by atoms with van der Waals surface area (Å²) in [4.78, 5) is 11.7. The van der Waals surface area contributed by atoms with Crippen LogP contribution in [-0.2, 0) is 4.79 Å². The number of nitrogens with two attached hydrogens (primary N) is 1. The highest BCUT2D eigenvalue weighted by atomic mass is 16.2. The molecule has 0 spiro atoms. The maximum atomic E-state index is 11.7. The van der Waals surface area contributed by atoms with Crippen LogP contribution in [0.4, 0.5) is 11.4 Å². The summed E-state index contributed by atoms with van der Waals surface area (Å²) < 4.78 is 0. The lowest BCUT2D eigenvalue weighted by atomic mass is 10.1. The number of benzene rings is 1. The van der Waals surface area contributed by atoms with Crippen LogP contribution in [0.5, 0.6) is 0 Å². The van der Waals surface area contributed by atoms with Crippen molar-refractivity contribution in [2.45, 2.75) is 13.3 Å². The summed E-state index contributed by atoms with van der Waals surface area (Å²) in [7, 11) is 0. The molecule has 0 radical (unpaired) electrons. The number of hydrazone groups is 1. The molecule has 2 rings (SSSR count). The highest BCUT2D eigenvalue weighted by molar-refractivity contribution is 5.99. The molecule has 0 fully saturated rings. The van der Waals surface area contributed by atoms with Gasteiger partial charge in [-0.25, -0.2) is 0 Å². The van der Waals surface area contributed by atoms with E-state index >= 15 is 0 Å². The van der Waals surface area contributed by atoms with Gasteiger partial charge in [-0.3, -0.25) is 4.79 Å². The molecule has 1 amide bonds. The van der Waals surface area contributed by atoms with Gasteiger partial charge in [0.25, 0.3) is 0 Å². The maximum absolute atomic E-state index is 11.7. The van der Waals surface area contributed by atoms with E-state index in [1.165, 1.54) is 5.01 Å². The molecule has 1 aromatic carbocycles. The fraction of sp³-hybridized carbons (Fsp3) is 0.273. The number of hydrogen-bond donors (Lipinski definition) is 1. The lowest BCUT2D eigenvalue weighted by Gasteiger charge is -2.23. The van der Waals surface area contributed by atoms with Gasteiger partial charge in [0, 0.05) is 18.6 Å². The number of para-hydroxylation sites is 2. The number of hydrogen-bond acceptors (Lipinski definition) is 3. The van der Waals surface area contributed by atoms with Gasteiger partial charge in [0.2, 0.25) is 5.91 Å². The zero-order chi connectivity index (χ0) is 10.8. The molecule has 0 aromatic heterocycles. The van der Waals surface area contributed by atoms with Crippen molar-refractivity contribution in [3.63, 3.8) is 0 Å². The molecule has 1 aliphatic heterocycles. The van der Waals surface area contributed by atoms with Gasteiger partial charge in [0.1, 0.15) is 0 Å². The molecule has 1 aromatic rings. The van der Waals surface area contributed by atoms with Crippen LogP contribution in [-0.4, -0.2) is 12.1 Å². The molecule has 1 aliphatic rings. The zero-order valence-corrected chi connectivity index (χ0v) is 8.55. The Bertz CT molecular complexity index is 414. The minimum Gasteiger partial charge on any atom is -0.397 e. The van der Waals surface area contributed by atoms with Crippen molar-refractivity contribution in [1.82, 2.24) is 0 Å². The van der Waals surface area contributed by atoms with Crippen molar-refractivity contribution >= 4 is 23.5 Å². The van der Waals surface area contributed by atoms with Gasteiger partial charge >= 0.3 is 0 Å². The van der Waals surface area contributed by atoms with Crippen molar-refractivity contribution in [3.05, 3.63) is 24.3 Å². The zero-order valence-electron chi connectivity index (χ0n) is 8.55. The molecule has 15 heavy (non-hydrogen) atoms. The number of anilines is 2. The second-order valence-corrected chi connectivity index (χ2v) is 3.71. The standard InChI is InChI=1S/C11H13N3O/c1-8-6-11(15)14(13-7-8)10-5-3-2-4-9(10)12/h2-5,7-8H,6,12H2,1H3. The van der Waals surface area contributed by atoms with Crippen LogP contribution < -0.4 is 10.7 Å². The van der Waals surface area contributed by atoms with Crippen LogP contribution in [0, 0.1) is 5.92 Å². The Morgan fingerprint density at radius 3 is 2.87 bits per heavy atom. The van der Waals surface area contributed by atoms with E-state index in [4.69, 9.17) is 5.73 Å². The number of amides is 1. The first-order valence-corrected chi connectivity index (χ1v) is 4.90. The van der Waals surface area contributed by atoms with Crippen LogP contribution in [0.1, 0.15) is 13.3 Å². The fourth-order valence-electron chi connectivity index (χ4n) is 1.54. The minimum absolute atomic E-state index is 0.0112. The molecule has 0 saturated heterocycles. The third-order valence-corrected chi connectivity index (χ3v) is 2.33. The number of carbonyl (C=O) groups is 1. The summed E-state index contributed by atoms with van der Waals surface area (Å²) in [5.41, 5.74) is 7.01. The number of carbonyl (C=O) groups excluding carboxylic acids is 1. The Kier molecular flexibility index (Phi) is 2.41. The molecule has 1 heterocycles. The Morgan fingerprint density at radius 1 is 1.47 bits per heavy atom. The van der Waals surface area contributed by atoms with Crippen LogP contribution in [0.3, 0.4) is 0 Å². The SMILES string of the molecule is CC1C=NN(c2ccccc2N)C(=O)C1. The summed E-state index contributed by atoms with van der Waals surface area (Å²) in [5, 5.41) is 5.47. The molecular formula is C11H13N3O. The number of nitrogen functional groups attached to an aromatic ring is 1. The smallest absolute Gasteiger partial charge is 0.248 e. The highest BCUT2D eigenvalue weighted by Crippen LogP contribution is 2.25. The molecule has 1 atom stereocenters. The van der Waals surface area contributed by atoms with Gasteiger partial charge in [-0.05, 0) is 12.1 Å². The van der Waals surface area contributed by atoms with Crippen LogP contribution >= 0.6 is 0 Å². The van der Waals surface area contributed by atoms with E-state index in [2.05, 4.69) is 5.10 Å². The molecule has 4 nitrogen and oxygen atoms in total. The Hall–Kier alpha value is -1.84. The monoisotopic (exact) mass is 203 g/mol. The molecular weight excluding hydrogens is 190 g/mol. The van der Waals surface area contributed by atoms with E-state index in [9.17, 15) is 4.79 Å². The van der Waals surface area contributed by atoms with Crippen molar-refractivity contribution in [3.8, 4) is 0 Å². The van der Waals surface area contributed by atoms with Gasteiger partial charge in [0.15, 0.2) is 0 Å². The largest absolute Gasteiger partial charge is 0.397 e. The van der Waals surface area contributed by atoms with Crippen molar-refractivity contribution in [1.29, 1.82) is 0 Å². The van der Waals surface area contributed by atoms with Gasteiger partial charge in [-0.15, -0.1) is 0 Å². The average Bonchev–Trinajstić information content (AvgIpc) is 2.20. The van der Waals surface area contributed by atoms with E-state index in [0.29, 0.717) is 17.8 Å². The number of rotatable bonds is 1. The van der Waals surface area contributed by atoms with Gasteiger partial charge in [-0.2, -0.15) is 10.1 Å². The summed E-state index contributed by atoms with van der Waals surface area (Å²) in [6.45, 7) is 1.97. The quantitative estimate of drug-likeness (QED) is 0.705. The van der Waals surface area contributed by atoms with Gasteiger partial charge in [-0.1, -0.05) is 19.1 Å². The van der Waals surface area contributed by atoms with Crippen molar-refractivity contribution < 1.29 is 4.79 Å². The van der Waals surface area contributed by atoms with Crippen molar-refractivity contribution in [2.24, 2.45) is 11.0 Å². The van der Waals surface area contributed by atoms with Crippen LogP contribution in [0.15, 0.2) is 29.4 Å². The van der Waals surface area contributed by atoms with Gasteiger partial charge < -0.3 is 5.73 Å². The lowest BCUT2D eigenvalue weighted by molar-refractivity contribution is -0.119. The average molecular weight is 203 g/mol. The number of nitrogens with zero attached hydrogens (tertiary/aromatic N) is 2. The van der Waals surface area contributed by atoms with Crippen molar-refractivity contribution in [2.75, 3.05) is 10.7 Å². The molecule has 0 bridgehead atoms. The minimum atomic E-state index is -0.0112. The fourth-order valence-corrected chi connectivity index (χ4v) is 1.54. The Labute approximate surface area is 88.4 Å². The van der Waals surface area contributed by atoms with E-state index in [1.807, 2.05) is 19.1 Å². The topological polar surface area (TPSA) is 58.7 Å². The third-order valence-electron chi connectivity index (χ3n) is 2.33. The molecule has 78 valence electrons. The summed E-state index contributed by atoms with van der Waals surface area (Å²) in [5.74, 6) is 0.196. The van der Waals surface area contributed by atoms with E-state index in [1.54, 1.807) is 18.3 Å². The second-order valence-electron chi connectivity index (χ2n) is 3.71. The second kappa shape index (κ2) is 3.73. The van der Waals surface area contributed by atoms with Crippen LogP contribution in [0.2, 0.25) is 0 Å². The van der Waals surface area contributed by atoms with Crippen LogP contribution in [0.25, 0.3) is 0 Å². The summed E-state index contributed by atoms with van der Waals surface area (Å²) in [6, 6.07) is 7.23. The first-order valence-electron chi connectivity index (χ1n) is 4.90. The maximum Gasteiger partial charge on any atom is 0.248 e. The molecule has 2 N–H and O–H groups in total. The van der Waals surface area contributed by atoms with Gasteiger partial charge in [0.05, 0.1) is 11.4 Å². The predicted octanol–water partition coefficient (Wildman–Crippen LogP) is 1.63. The first kappa shape index (κ1) is 9.71. The summed E-state index contributed by atoms with van der Waals surface area (Å²) in [6.07, 6.45) is 2.26. The third kappa shape index (κ3) is 1.83. The lowest BCUT2D eigenvalue weighted by Crippen LogP contribution is -2.32. The Morgan fingerprint density at radius 2 is 2.20 bits per heavy atom. The molecule has 0 aliphatic carbocycles. The first-order chi connectivity index (χ1) is 7.18. The highest BCUT2D eigenvalue weighted by Gasteiger charge is 2.22. The summed E-state index contributed by atoms with van der Waals surface area (Å²) >= 11 is 0. The normalized spacial score (nSPS) is 20.7. The Balaban J connectivity index is 2.36. The van der Waals surface area contributed by atoms with E-state index < -0.39 is 0 Å². The molecule has 1 unspecified atom stereocenters. The predicted molar refractivity (Wildman–Crippen MR) is 60.6 cm³/mol. The molecule has 4 heteroatoms. The molecule has 0 saturated carbocycles.